The Labute approximate surface area is 126 Å². The molecular weight excluding hydrogens is 354 g/mol. The van der Waals surface area contributed by atoms with Crippen molar-refractivity contribution < 1.29 is 23.1 Å². The molecule has 1 saturated heterocycles. The summed E-state index contributed by atoms with van der Waals surface area (Å²) in [6, 6.07) is 4.13. The van der Waals surface area contributed by atoms with Crippen LogP contribution in [0, 0.1) is 0 Å². The Hall–Kier alpha value is -1.97. The van der Waals surface area contributed by atoms with Crippen molar-refractivity contribution in [3.05, 3.63) is 22.8 Å². The first kappa shape index (κ1) is 15.4. The van der Waals surface area contributed by atoms with E-state index >= 15 is 0 Å². The van der Waals surface area contributed by atoms with Gasteiger partial charge in [-0.2, -0.15) is 0 Å². The van der Waals surface area contributed by atoms with Crippen molar-refractivity contribution in [2.45, 2.75) is 5.92 Å². The number of nitrogens with one attached hydrogen (secondary N) is 2. The van der Waals surface area contributed by atoms with Crippen LogP contribution in [-0.4, -0.2) is 47.4 Å². The van der Waals surface area contributed by atoms with Gasteiger partial charge >= 0.3 is 6.03 Å². The molecule has 1 fully saturated rings. The molecule has 114 valence electrons. The van der Waals surface area contributed by atoms with Crippen molar-refractivity contribution in [3.8, 4) is 5.88 Å². The molecule has 1 aromatic rings. The van der Waals surface area contributed by atoms with Crippen LogP contribution in [0.3, 0.4) is 0 Å². The molecule has 0 radical (unpaired) electrons. The fraction of sp³-hybridized carbons (Fsp3) is 0.364. The van der Waals surface area contributed by atoms with Crippen molar-refractivity contribution in [1.29, 1.82) is 0 Å². The maximum Gasteiger partial charge on any atom is 0.336 e. The summed E-state index contributed by atoms with van der Waals surface area (Å²) in [5, 5.41) is 0. The molecule has 0 atom stereocenters. The second-order valence-electron chi connectivity index (χ2n) is 4.28. The average Bonchev–Trinajstić information content (AvgIpc) is 2.40. The SMILES string of the molecule is O=C(COc1cccc(Br)n1)NNC(=O)N1CC(F)(F)C1. The topological polar surface area (TPSA) is 83.6 Å². The molecule has 10 heteroatoms. The standard InChI is InChI=1S/C11H11BrF2N4O3/c12-7-2-1-3-9(15-7)21-4-8(19)16-17-10(20)18-5-11(13,14)6-18/h1-3H,4-6H2,(H,16,19)(H,17,20). The van der Waals surface area contributed by atoms with Gasteiger partial charge in [-0.3, -0.25) is 10.2 Å². The van der Waals surface area contributed by atoms with E-state index in [1.165, 1.54) is 0 Å². The second kappa shape index (κ2) is 6.20. The van der Waals surface area contributed by atoms with Crippen molar-refractivity contribution in [3.63, 3.8) is 0 Å². The number of urea groups is 1. The van der Waals surface area contributed by atoms with Crippen molar-refractivity contribution in [1.82, 2.24) is 20.7 Å². The molecule has 0 unspecified atom stereocenters. The molecule has 2 rings (SSSR count). The molecule has 0 aliphatic carbocycles. The summed E-state index contributed by atoms with van der Waals surface area (Å²) in [4.78, 5) is 27.6. The molecular formula is C11H11BrF2N4O3. The number of rotatable bonds is 3. The minimum absolute atomic E-state index is 0.230. The molecule has 0 aromatic carbocycles. The summed E-state index contributed by atoms with van der Waals surface area (Å²) in [5.41, 5.74) is 4.07. The van der Waals surface area contributed by atoms with Gasteiger partial charge in [0.05, 0.1) is 13.1 Å². The largest absolute Gasteiger partial charge is 0.467 e. The maximum absolute atomic E-state index is 12.5. The Kier molecular flexibility index (Phi) is 4.56. The van der Waals surface area contributed by atoms with E-state index in [0.29, 0.717) is 4.60 Å². The van der Waals surface area contributed by atoms with E-state index in [4.69, 9.17) is 4.74 Å². The zero-order chi connectivity index (χ0) is 15.5. The minimum atomic E-state index is -2.85. The number of hydrazine groups is 1. The van der Waals surface area contributed by atoms with E-state index in [0.717, 1.165) is 4.90 Å². The number of carbonyl (C=O) groups is 2. The zero-order valence-electron chi connectivity index (χ0n) is 10.6. The van der Waals surface area contributed by atoms with E-state index in [9.17, 15) is 18.4 Å². The summed E-state index contributed by atoms with van der Waals surface area (Å²) in [6.45, 7) is -1.69. The molecule has 1 aromatic heterocycles. The summed E-state index contributed by atoms with van der Waals surface area (Å²) in [7, 11) is 0. The fourth-order valence-electron chi connectivity index (χ4n) is 1.50. The predicted molar refractivity (Wildman–Crippen MR) is 70.6 cm³/mol. The summed E-state index contributed by atoms with van der Waals surface area (Å²) in [6.07, 6.45) is 0. The highest BCUT2D eigenvalue weighted by atomic mass is 79.9. The lowest BCUT2D eigenvalue weighted by molar-refractivity contribution is -0.124. The van der Waals surface area contributed by atoms with E-state index in [-0.39, 0.29) is 12.5 Å². The molecule has 7 nitrogen and oxygen atoms in total. The third-order valence-corrected chi connectivity index (χ3v) is 2.92. The number of halogens is 3. The molecule has 0 spiro atoms. The number of carbonyl (C=O) groups excluding carboxylic acids is 2. The molecule has 1 aliphatic rings. The van der Waals surface area contributed by atoms with E-state index < -0.39 is 31.0 Å². The summed E-state index contributed by atoms with van der Waals surface area (Å²) < 4.78 is 30.7. The Balaban J connectivity index is 1.67. The van der Waals surface area contributed by atoms with Crippen molar-refractivity contribution >= 4 is 27.9 Å². The van der Waals surface area contributed by atoms with Gasteiger partial charge in [-0.1, -0.05) is 6.07 Å². The van der Waals surface area contributed by atoms with Crippen LogP contribution < -0.4 is 15.6 Å². The van der Waals surface area contributed by atoms with Crippen LogP contribution in [0.4, 0.5) is 13.6 Å². The lowest BCUT2D eigenvalue weighted by Gasteiger charge is -2.38. The number of likely N-dealkylation sites (tertiary alicyclic amines) is 1. The Morgan fingerprint density at radius 1 is 1.38 bits per heavy atom. The lowest BCUT2D eigenvalue weighted by atomic mass is 10.2. The van der Waals surface area contributed by atoms with Crippen LogP contribution in [-0.2, 0) is 4.79 Å². The van der Waals surface area contributed by atoms with Crippen LogP contribution in [0.2, 0.25) is 0 Å². The fourth-order valence-corrected chi connectivity index (χ4v) is 1.83. The Bertz CT molecular complexity index is 550. The number of aromatic nitrogens is 1. The minimum Gasteiger partial charge on any atom is -0.467 e. The lowest BCUT2D eigenvalue weighted by Crippen LogP contribution is -2.63. The first-order valence-electron chi connectivity index (χ1n) is 5.83. The van der Waals surface area contributed by atoms with Gasteiger partial charge in [0.15, 0.2) is 6.61 Å². The van der Waals surface area contributed by atoms with Crippen LogP contribution in [0.1, 0.15) is 0 Å². The average molecular weight is 365 g/mol. The van der Waals surface area contributed by atoms with E-state index in [1.807, 2.05) is 5.43 Å². The highest BCUT2D eigenvalue weighted by Crippen LogP contribution is 2.26. The van der Waals surface area contributed by atoms with Crippen LogP contribution in [0.15, 0.2) is 22.8 Å². The third-order valence-electron chi connectivity index (χ3n) is 2.48. The van der Waals surface area contributed by atoms with E-state index in [1.54, 1.807) is 18.2 Å². The predicted octanol–water partition coefficient (Wildman–Crippen LogP) is 0.915. The van der Waals surface area contributed by atoms with Crippen LogP contribution in [0.25, 0.3) is 0 Å². The smallest absolute Gasteiger partial charge is 0.336 e. The maximum atomic E-state index is 12.5. The first-order valence-corrected chi connectivity index (χ1v) is 6.62. The number of nitrogens with zero attached hydrogens (tertiary/aromatic N) is 2. The second-order valence-corrected chi connectivity index (χ2v) is 5.09. The molecule has 0 saturated carbocycles. The number of amides is 3. The Morgan fingerprint density at radius 2 is 2.10 bits per heavy atom. The Morgan fingerprint density at radius 3 is 2.71 bits per heavy atom. The van der Waals surface area contributed by atoms with Gasteiger partial charge in [0.1, 0.15) is 4.60 Å². The molecule has 1 aliphatic heterocycles. The van der Waals surface area contributed by atoms with Crippen LogP contribution >= 0.6 is 15.9 Å². The zero-order valence-corrected chi connectivity index (χ0v) is 12.2. The summed E-state index contributed by atoms with van der Waals surface area (Å²) in [5.74, 6) is -3.26. The molecule has 2 heterocycles. The van der Waals surface area contributed by atoms with Crippen LogP contribution in [0.5, 0.6) is 5.88 Å². The highest BCUT2D eigenvalue weighted by molar-refractivity contribution is 9.10. The molecule has 0 bridgehead atoms. The van der Waals surface area contributed by atoms with Crippen molar-refractivity contribution in [2.75, 3.05) is 19.7 Å². The highest BCUT2D eigenvalue weighted by Gasteiger charge is 2.46. The first-order chi connectivity index (χ1) is 9.85. The quantitative estimate of drug-likeness (QED) is 0.616. The van der Waals surface area contributed by atoms with Gasteiger partial charge < -0.3 is 9.64 Å². The van der Waals surface area contributed by atoms with Gasteiger partial charge in [-0.05, 0) is 22.0 Å². The number of hydrogen-bond donors (Lipinski definition) is 2. The normalized spacial score (nSPS) is 15.9. The number of pyridine rings is 1. The molecule has 2 N–H and O–H groups in total. The summed E-state index contributed by atoms with van der Waals surface area (Å²) >= 11 is 3.14. The number of hydrogen-bond acceptors (Lipinski definition) is 4. The molecule has 21 heavy (non-hydrogen) atoms. The van der Waals surface area contributed by atoms with Gasteiger partial charge in [0.25, 0.3) is 11.8 Å². The third kappa shape index (κ3) is 4.52. The molecule has 3 amide bonds. The van der Waals surface area contributed by atoms with Gasteiger partial charge in [0, 0.05) is 6.07 Å². The number of alkyl halides is 2. The van der Waals surface area contributed by atoms with Gasteiger partial charge in [0.2, 0.25) is 5.88 Å². The number of ether oxygens (including phenoxy) is 1. The van der Waals surface area contributed by atoms with E-state index in [2.05, 4.69) is 26.3 Å². The van der Waals surface area contributed by atoms with Crippen molar-refractivity contribution in [2.24, 2.45) is 0 Å². The van der Waals surface area contributed by atoms with Gasteiger partial charge in [-0.15, -0.1) is 0 Å². The van der Waals surface area contributed by atoms with Gasteiger partial charge in [-0.25, -0.2) is 24.0 Å². The monoisotopic (exact) mass is 364 g/mol.